The summed E-state index contributed by atoms with van der Waals surface area (Å²) >= 11 is 0. The van der Waals surface area contributed by atoms with E-state index in [1.807, 2.05) is 0 Å². The van der Waals surface area contributed by atoms with Gasteiger partial charge in [-0.3, -0.25) is 0 Å². The van der Waals surface area contributed by atoms with Crippen molar-refractivity contribution in [1.82, 2.24) is 0 Å². The van der Waals surface area contributed by atoms with Gasteiger partial charge in [0.05, 0.1) is 0 Å². The summed E-state index contributed by atoms with van der Waals surface area (Å²) in [5.74, 6) is 0.368. The molecule has 0 spiro atoms. The van der Waals surface area contributed by atoms with Gasteiger partial charge in [-0.2, -0.15) is 0 Å². The van der Waals surface area contributed by atoms with Crippen LogP contribution in [0.25, 0.3) is 32.7 Å². The molecule has 234 valence electrons. The van der Waals surface area contributed by atoms with Gasteiger partial charge in [0.2, 0.25) is 0 Å². The summed E-state index contributed by atoms with van der Waals surface area (Å²) in [5, 5.41) is 5.06. The molecule has 2 aliphatic carbocycles. The average molecular weight is 621 g/mol. The lowest BCUT2D eigenvalue weighted by Gasteiger charge is -2.30. The van der Waals surface area contributed by atoms with E-state index >= 15 is 0 Å². The number of hydrogen-bond acceptors (Lipinski definition) is 2. The average Bonchev–Trinajstić information content (AvgIpc) is 3.17. The fourth-order valence-electron chi connectivity index (χ4n) is 7.20. The van der Waals surface area contributed by atoms with Crippen molar-refractivity contribution >= 4 is 55.4 Å². The zero-order valence-corrected chi connectivity index (χ0v) is 27.5. The van der Waals surface area contributed by atoms with Crippen LogP contribution in [0.5, 0.6) is 0 Å². The Kier molecular flexibility index (Phi) is 8.22. The van der Waals surface area contributed by atoms with Gasteiger partial charge < -0.3 is 9.80 Å². The van der Waals surface area contributed by atoms with Gasteiger partial charge in [-0.25, -0.2) is 0 Å². The molecule has 0 saturated heterocycles. The summed E-state index contributed by atoms with van der Waals surface area (Å²) in [5.41, 5.74) is 9.99. The third-order valence-electron chi connectivity index (χ3n) is 9.82. The van der Waals surface area contributed by atoms with Crippen LogP contribution in [0, 0.1) is 5.92 Å². The molecule has 0 aromatic heterocycles. The number of benzene rings is 6. The Morgan fingerprint density at radius 2 is 1.29 bits per heavy atom. The molecule has 0 saturated carbocycles. The van der Waals surface area contributed by atoms with Crippen LogP contribution in [-0.2, 0) is 0 Å². The topological polar surface area (TPSA) is 6.48 Å². The molecule has 2 heteroatoms. The SMILES string of the molecule is CN(c1ccc(C2=CC(CN(c3cccc(C4=CCCC=C4)c3)c3ccc4ccccc4c3)CC=C2)cc1)c1cccc2ccccc12. The maximum Gasteiger partial charge on any atom is 0.0487 e. The Labute approximate surface area is 284 Å². The number of hydrogen-bond donors (Lipinski definition) is 0. The number of rotatable bonds is 8. The van der Waals surface area contributed by atoms with Crippen LogP contribution in [0.15, 0.2) is 170 Å². The van der Waals surface area contributed by atoms with Gasteiger partial charge in [-0.1, -0.05) is 127 Å². The van der Waals surface area contributed by atoms with E-state index in [-0.39, 0.29) is 0 Å². The van der Waals surface area contributed by atoms with Gasteiger partial charge >= 0.3 is 0 Å². The van der Waals surface area contributed by atoms with Crippen LogP contribution in [0.2, 0.25) is 0 Å². The molecule has 8 rings (SSSR count). The molecule has 0 aliphatic heterocycles. The lowest BCUT2D eigenvalue weighted by Crippen LogP contribution is -2.25. The molecular weight excluding hydrogens is 581 g/mol. The summed E-state index contributed by atoms with van der Waals surface area (Å²) in [6.07, 6.45) is 17.3. The third-order valence-corrected chi connectivity index (χ3v) is 9.82. The van der Waals surface area contributed by atoms with Gasteiger partial charge in [-0.05, 0) is 106 Å². The van der Waals surface area contributed by atoms with Crippen LogP contribution in [-0.4, -0.2) is 13.6 Å². The van der Waals surface area contributed by atoms with Crippen LogP contribution in [0.4, 0.5) is 22.7 Å². The van der Waals surface area contributed by atoms with E-state index in [4.69, 9.17) is 0 Å². The number of allylic oxidation sites excluding steroid dienone is 7. The minimum Gasteiger partial charge on any atom is -0.344 e. The minimum absolute atomic E-state index is 0.368. The predicted octanol–water partition coefficient (Wildman–Crippen LogP) is 12.3. The summed E-state index contributed by atoms with van der Waals surface area (Å²) in [6.45, 7) is 0.895. The predicted molar refractivity (Wildman–Crippen MR) is 207 cm³/mol. The first-order valence-corrected chi connectivity index (χ1v) is 17.1. The Balaban J connectivity index is 1.09. The largest absolute Gasteiger partial charge is 0.344 e. The van der Waals surface area contributed by atoms with Crippen LogP contribution in [0.1, 0.15) is 30.4 Å². The first-order valence-electron chi connectivity index (χ1n) is 17.1. The first kappa shape index (κ1) is 29.8. The smallest absolute Gasteiger partial charge is 0.0487 e. The molecule has 6 aromatic carbocycles. The molecule has 0 fully saturated rings. The van der Waals surface area contributed by atoms with E-state index in [0.29, 0.717) is 5.92 Å². The van der Waals surface area contributed by atoms with Crippen molar-refractivity contribution in [2.24, 2.45) is 5.92 Å². The van der Waals surface area contributed by atoms with Gasteiger partial charge in [0, 0.05) is 41.7 Å². The molecule has 0 amide bonds. The molecule has 48 heavy (non-hydrogen) atoms. The molecule has 0 heterocycles. The maximum absolute atomic E-state index is 2.52. The van der Waals surface area contributed by atoms with Crippen molar-refractivity contribution in [2.75, 3.05) is 23.4 Å². The minimum atomic E-state index is 0.368. The van der Waals surface area contributed by atoms with Crippen molar-refractivity contribution in [3.05, 3.63) is 181 Å². The zero-order chi connectivity index (χ0) is 32.3. The Bertz CT molecular complexity index is 2210. The highest BCUT2D eigenvalue weighted by atomic mass is 15.1. The Morgan fingerprint density at radius 3 is 2.15 bits per heavy atom. The first-order chi connectivity index (χ1) is 23.7. The van der Waals surface area contributed by atoms with Gasteiger partial charge in [-0.15, -0.1) is 0 Å². The van der Waals surface area contributed by atoms with E-state index < -0.39 is 0 Å². The van der Waals surface area contributed by atoms with Crippen molar-refractivity contribution in [1.29, 1.82) is 0 Å². The Morgan fingerprint density at radius 1 is 0.562 bits per heavy atom. The van der Waals surface area contributed by atoms with Gasteiger partial charge in [0.15, 0.2) is 0 Å². The quantitative estimate of drug-likeness (QED) is 0.167. The van der Waals surface area contributed by atoms with Crippen LogP contribution >= 0.6 is 0 Å². The second-order valence-electron chi connectivity index (χ2n) is 13.0. The number of fused-ring (bicyclic) bond motifs is 2. The lowest BCUT2D eigenvalue weighted by molar-refractivity contribution is 0.659. The van der Waals surface area contributed by atoms with Crippen molar-refractivity contribution in [2.45, 2.75) is 19.3 Å². The standard InChI is InChI=1S/C46H40N2/c1-47(46-23-11-18-38-16-7-8-22-45(38)46)42-27-24-37(25-28-42)39-19-9-12-34(30-39)33-48(44-29-26-36-15-5-6-17-40(36)32-44)43-21-10-20-41(31-43)35-13-3-2-4-14-35/h3,5-11,13-32,34H,2,4,12,33H2,1H3. The van der Waals surface area contributed by atoms with E-state index in [9.17, 15) is 0 Å². The fraction of sp³-hybridized carbons (Fsp3) is 0.130. The van der Waals surface area contributed by atoms with Crippen molar-refractivity contribution in [3.8, 4) is 0 Å². The van der Waals surface area contributed by atoms with Gasteiger partial charge in [0.1, 0.15) is 0 Å². The fourth-order valence-corrected chi connectivity index (χ4v) is 7.20. The highest BCUT2D eigenvalue weighted by Gasteiger charge is 2.19. The molecule has 1 unspecified atom stereocenters. The molecule has 1 atom stereocenters. The van der Waals surface area contributed by atoms with E-state index in [0.717, 1.165) is 25.8 Å². The monoisotopic (exact) mass is 620 g/mol. The summed E-state index contributed by atoms with van der Waals surface area (Å²) in [7, 11) is 2.16. The molecule has 6 aromatic rings. The molecule has 0 bridgehead atoms. The molecule has 0 radical (unpaired) electrons. The van der Waals surface area contributed by atoms with Gasteiger partial charge in [0.25, 0.3) is 0 Å². The highest BCUT2D eigenvalue weighted by molar-refractivity contribution is 5.96. The van der Waals surface area contributed by atoms with Crippen molar-refractivity contribution in [3.63, 3.8) is 0 Å². The van der Waals surface area contributed by atoms with E-state index in [1.165, 1.54) is 66.6 Å². The second kappa shape index (κ2) is 13.3. The van der Waals surface area contributed by atoms with E-state index in [1.54, 1.807) is 0 Å². The molecular formula is C46H40N2. The van der Waals surface area contributed by atoms with E-state index in [2.05, 4.69) is 187 Å². The maximum atomic E-state index is 2.52. The van der Waals surface area contributed by atoms with Crippen LogP contribution < -0.4 is 9.80 Å². The molecule has 2 aliphatic rings. The van der Waals surface area contributed by atoms with Crippen LogP contribution in [0.3, 0.4) is 0 Å². The third kappa shape index (κ3) is 6.10. The number of anilines is 4. The summed E-state index contributed by atoms with van der Waals surface area (Å²) in [4.78, 5) is 4.80. The number of nitrogens with zero attached hydrogens (tertiary/aromatic N) is 2. The second-order valence-corrected chi connectivity index (χ2v) is 13.0. The molecule has 2 nitrogen and oxygen atoms in total. The Hall–Kier alpha value is -5.60. The summed E-state index contributed by atoms with van der Waals surface area (Å²) < 4.78 is 0. The summed E-state index contributed by atoms with van der Waals surface area (Å²) in [6, 6.07) is 48.8. The van der Waals surface area contributed by atoms with Crippen molar-refractivity contribution < 1.29 is 0 Å². The zero-order valence-electron chi connectivity index (χ0n) is 27.5. The normalized spacial score (nSPS) is 15.7. The lowest BCUT2D eigenvalue weighted by atomic mass is 9.91. The highest BCUT2D eigenvalue weighted by Crippen LogP contribution is 2.36. The molecule has 0 N–H and O–H groups in total.